The van der Waals surface area contributed by atoms with Crippen molar-refractivity contribution in [3.8, 4) is 11.5 Å². The normalized spacial score (nSPS) is 16.0. The Kier molecular flexibility index (Phi) is 7.37. The highest BCUT2D eigenvalue weighted by Gasteiger charge is 2.19. The van der Waals surface area contributed by atoms with Gasteiger partial charge in [-0.2, -0.15) is 0 Å². The van der Waals surface area contributed by atoms with Gasteiger partial charge in [0.25, 0.3) is 0 Å². The van der Waals surface area contributed by atoms with Crippen LogP contribution < -0.4 is 20.1 Å². The van der Waals surface area contributed by atoms with Crippen LogP contribution in [0, 0.1) is 0 Å². The summed E-state index contributed by atoms with van der Waals surface area (Å²) in [7, 11) is 3.55. The van der Waals surface area contributed by atoms with Crippen molar-refractivity contribution >= 4 is 5.91 Å². The van der Waals surface area contributed by atoms with Gasteiger partial charge in [0.1, 0.15) is 0 Å². The molecule has 0 aromatic heterocycles. The van der Waals surface area contributed by atoms with Crippen LogP contribution in [0.2, 0.25) is 0 Å². The maximum Gasteiger partial charge on any atom is 0.220 e. The van der Waals surface area contributed by atoms with Crippen LogP contribution in [0.25, 0.3) is 0 Å². The number of hydrogen-bond acceptors (Lipinski definition) is 4. The minimum Gasteiger partial charge on any atom is -0.493 e. The molecule has 134 valence electrons. The Labute approximate surface area is 145 Å². The summed E-state index contributed by atoms with van der Waals surface area (Å²) < 4.78 is 11.5. The predicted octanol–water partition coefficient (Wildman–Crippen LogP) is 3.19. The van der Waals surface area contributed by atoms with Crippen molar-refractivity contribution in [3.05, 3.63) is 23.8 Å². The smallest absolute Gasteiger partial charge is 0.220 e. The maximum absolute atomic E-state index is 12.0. The first-order chi connectivity index (χ1) is 11.6. The largest absolute Gasteiger partial charge is 0.493 e. The minimum atomic E-state index is -0.0542. The summed E-state index contributed by atoms with van der Waals surface area (Å²) in [6, 6.07) is 5.87. The monoisotopic (exact) mass is 334 g/mol. The summed E-state index contributed by atoms with van der Waals surface area (Å²) in [4.78, 5) is 12.0. The molecule has 1 fully saturated rings. The first kappa shape index (κ1) is 18.6. The Bertz CT molecular complexity index is 527. The molecule has 24 heavy (non-hydrogen) atoms. The summed E-state index contributed by atoms with van der Waals surface area (Å²) >= 11 is 0. The molecule has 5 heteroatoms. The second-order valence-electron chi connectivity index (χ2n) is 6.43. The molecule has 0 heterocycles. The molecule has 1 unspecified atom stereocenters. The molecule has 2 N–H and O–H groups in total. The third-order valence-corrected chi connectivity index (χ3v) is 4.49. The van der Waals surface area contributed by atoms with Crippen LogP contribution in [-0.4, -0.2) is 32.7 Å². The second-order valence-corrected chi connectivity index (χ2v) is 6.43. The molecule has 2 rings (SSSR count). The Hall–Kier alpha value is -1.75. The van der Waals surface area contributed by atoms with E-state index in [-0.39, 0.29) is 11.9 Å². The highest BCUT2D eigenvalue weighted by atomic mass is 16.5. The third kappa shape index (κ3) is 5.41. The second kappa shape index (κ2) is 9.52. The van der Waals surface area contributed by atoms with Crippen LogP contribution in [0.3, 0.4) is 0 Å². The Morgan fingerprint density at radius 2 is 2.04 bits per heavy atom. The van der Waals surface area contributed by atoms with E-state index >= 15 is 0 Å². The first-order valence-corrected chi connectivity index (χ1v) is 8.92. The van der Waals surface area contributed by atoms with E-state index in [1.54, 1.807) is 7.11 Å². The van der Waals surface area contributed by atoms with Gasteiger partial charge in [-0.3, -0.25) is 4.79 Å². The number of methoxy groups -OCH3 is 1. The molecule has 5 nitrogen and oxygen atoms in total. The number of carbonyl (C=O) groups is 1. The molecular formula is C19H30N2O3. The Morgan fingerprint density at radius 1 is 1.29 bits per heavy atom. The molecule has 0 spiro atoms. The summed E-state index contributed by atoms with van der Waals surface area (Å²) in [5, 5.41) is 6.08. The van der Waals surface area contributed by atoms with E-state index in [1.807, 2.05) is 32.2 Å². The quantitative estimate of drug-likeness (QED) is 0.681. The van der Waals surface area contributed by atoms with E-state index in [0.29, 0.717) is 12.5 Å². The third-order valence-electron chi connectivity index (χ3n) is 4.49. The fourth-order valence-corrected chi connectivity index (χ4v) is 3.06. The molecule has 1 aromatic rings. The van der Waals surface area contributed by atoms with Gasteiger partial charge in [0.05, 0.1) is 19.3 Å². The van der Waals surface area contributed by atoms with Crippen molar-refractivity contribution < 1.29 is 14.3 Å². The summed E-state index contributed by atoms with van der Waals surface area (Å²) in [5.41, 5.74) is 1.02. The van der Waals surface area contributed by atoms with E-state index < -0.39 is 0 Å². The van der Waals surface area contributed by atoms with Crippen LogP contribution in [0.4, 0.5) is 0 Å². The van der Waals surface area contributed by atoms with Crippen molar-refractivity contribution in [2.75, 3.05) is 20.7 Å². The molecule has 1 atom stereocenters. The Balaban J connectivity index is 1.95. The number of amides is 1. The number of rotatable bonds is 9. The lowest BCUT2D eigenvalue weighted by Crippen LogP contribution is -2.27. The van der Waals surface area contributed by atoms with Gasteiger partial charge in [0.2, 0.25) is 5.91 Å². The van der Waals surface area contributed by atoms with Gasteiger partial charge in [-0.25, -0.2) is 0 Å². The number of nitrogens with one attached hydrogen (secondary N) is 2. The summed E-state index contributed by atoms with van der Waals surface area (Å²) in [6.45, 7) is 2.84. The number of hydrogen-bond donors (Lipinski definition) is 2. The molecule has 0 aliphatic heterocycles. The van der Waals surface area contributed by atoms with Gasteiger partial charge < -0.3 is 20.1 Å². The van der Waals surface area contributed by atoms with E-state index in [4.69, 9.17) is 9.47 Å². The van der Waals surface area contributed by atoms with Crippen LogP contribution in [0.15, 0.2) is 18.2 Å². The van der Waals surface area contributed by atoms with E-state index in [1.165, 1.54) is 12.8 Å². The standard InChI is InChI=1S/C19H30N2O3/c1-14(21-19(22)9-6-12-20-2)15-10-11-17(18(13-15)23-3)24-16-7-4-5-8-16/h10-11,13-14,16,20H,4-9,12H2,1-3H3,(H,21,22). The Morgan fingerprint density at radius 3 is 2.71 bits per heavy atom. The van der Waals surface area contributed by atoms with E-state index in [9.17, 15) is 4.79 Å². The zero-order chi connectivity index (χ0) is 17.4. The van der Waals surface area contributed by atoms with Crippen molar-refractivity contribution in [1.29, 1.82) is 0 Å². The van der Waals surface area contributed by atoms with Gasteiger partial charge in [0.15, 0.2) is 11.5 Å². The van der Waals surface area contributed by atoms with Gasteiger partial charge in [-0.1, -0.05) is 6.07 Å². The van der Waals surface area contributed by atoms with Crippen molar-refractivity contribution in [3.63, 3.8) is 0 Å². The number of benzene rings is 1. The van der Waals surface area contributed by atoms with Gasteiger partial charge in [-0.15, -0.1) is 0 Å². The topological polar surface area (TPSA) is 59.6 Å². The van der Waals surface area contributed by atoms with Crippen LogP contribution >= 0.6 is 0 Å². The number of carbonyl (C=O) groups excluding carboxylic acids is 1. The van der Waals surface area contributed by atoms with Crippen LogP contribution in [-0.2, 0) is 4.79 Å². The van der Waals surface area contributed by atoms with E-state index in [0.717, 1.165) is 42.9 Å². The van der Waals surface area contributed by atoms with Crippen molar-refractivity contribution in [1.82, 2.24) is 10.6 Å². The molecule has 1 aromatic carbocycles. The summed E-state index contributed by atoms with van der Waals surface area (Å²) in [6.07, 6.45) is 6.38. The first-order valence-electron chi connectivity index (χ1n) is 8.92. The molecule has 1 aliphatic carbocycles. The summed E-state index contributed by atoms with van der Waals surface area (Å²) in [5.74, 6) is 1.60. The van der Waals surface area contributed by atoms with E-state index in [2.05, 4.69) is 10.6 Å². The number of ether oxygens (including phenoxy) is 2. The fraction of sp³-hybridized carbons (Fsp3) is 0.632. The zero-order valence-corrected chi connectivity index (χ0v) is 15.1. The lowest BCUT2D eigenvalue weighted by molar-refractivity contribution is -0.121. The average molecular weight is 334 g/mol. The average Bonchev–Trinajstić information content (AvgIpc) is 3.08. The molecule has 1 aliphatic rings. The molecule has 1 amide bonds. The van der Waals surface area contributed by atoms with Crippen molar-refractivity contribution in [2.45, 2.75) is 57.6 Å². The molecular weight excluding hydrogens is 304 g/mol. The van der Waals surface area contributed by atoms with Gasteiger partial charge in [0, 0.05) is 6.42 Å². The lowest BCUT2D eigenvalue weighted by atomic mass is 10.1. The molecule has 1 saturated carbocycles. The molecule has 0 bridgehead atoms. The zero-order valence-electron chi connectivity index (χ0n) is 15.1. The van der Waals surface area contributed by atoms with Crippen LogP contribution in [0.5, 0.6) is 11.5 Å². The maximum atomic E-state index is 12.0. The van der Waals surface area contributed by atoms with Gasteiger partial charge >= 0.3 is 0 Å². The molecule has 0 saturated heterocycles. The predicted molar refractivity (Wildman–Crippen MR) is 95.6 cm³/mol. The minimum absolute atomic E-state index is 0.0542. The SMILES string of the molecule is CNCCCC(=O)NC(C)c1ccc(OC2CCCC2)c(OC)c1. The van der Waals surface area contributed by atoms with Gasteiger partial charge in [-0.05, 0) is 70.3 Å². The highest BCUT2D eigenvalue weighted by molar-refractivity contribution is 5.76. The van der Waals surface area contributed by atoms with Crippen LogP contribution in [0.1, 0.15) is 57.1 Å². The lowest BCUT2D eigenvalue weighted by Gasteiger charge is -2.19. The highest BCUT2D eigenvalue weighted by Crippen LogP contribution is 2.33. The van der Waals surface area contributed by atoms with Crippen molar-refractivity contribution in [2.24, 2.45) is 0 Å². The fourth-order valence-electron chi connectivity index (χ4n) is 3.06. The molecule has 0 radical (unpaired) electrons.